The summed E-state index contributed by atoms with van der Waals surface area (Å²) in [6.45, 7) is 3.08. The molecule has 1 aromatic rings. The molecule has 1 aliphatic heterocycles. The van der Waals surface area contributed by atoms with Gasteiger partial charge < -0.3 is 10.1 Å². The fourth-order valence-corrected chi connectivity index (χ4v) is 2.65. The van der Waals surface area contributed by atoms with Gasteiger partial charge in [-0.3, -0.25) is 0 Å². The Morgan fingerprint density at radius 2 is 2.38 bits per heavy atom. The van der Waals surface area contributed by atoms with E-state index in [-0.39, 0.29) is 0 Å². The maximum Gasteiger partial charge on any atom is 0.0592 e. The summed E-state index contributed by atoms with van der Waals surface area (Å²) in [5.41, 5.74) is 1.23. The average molecular weight is 331 g/mol. The Bertz CT molecular complexity index is 342. The predicted molar refractivity (Wildman–Crippen MR) is 75.8 cm³/mol. The maximum atomic E-state index is 5.68. The lowest BCUT2D eigenvalue weighted by Crippen LogP contribution is -2.33. The molecule has 0 saturated carbocycles. The summed E-state index contributed by atoms with van der Waals surface area (Å²) in [7, 11) is 0. The molecule has 1 N–H and O–H groups in total. The maximum absolute atomic E-state index is 5.68. The fourth-order valence-electron chi connectivity index (χ4n) is 2.11. The fraction of sp³-hybridized carbons (Fsp3) is 0.538. The zero-order valence-corrected chi connectivity index (χ0v) is 11.7. The van der Waals surface area contributed by atoms with Crippen molar-refractivity contribution in [2.75, 3.05) is 11.9 Å². The Labute approximate surface area is 111 Å². The molecule has 0 spiro atoms. The number of anilines is 1. The largest absolute Gasteiger partial charge is 0.382 e. The summed E-state index contributed by atoms with van der Waals surface area (Å²) >= 11 is 2.35. The molecule has 0 aliphatic carbocycles. The van der Waals surface area contributed by atoms with Crippen LogP contribution in [0.2, 0.25) is 0 Å². The van der Waals surface area contributed by atoms with E-state index in [1.807, 2.05) is 0 Å². The van der Waals surface area contributed by atoms with Gasteiger partial charge in [0, 0.05) is 21.9 Å². The summed E-state index contributed by atoms with van der Waals surface area (Å²) in [4.78, 5) is 0. The van der Waals surface area contributed by atoms with Crippen LogP contribution in [0.5, 0.6) is 0 Å². The van der Waals surface area contributed by atoms with E-state index in [9.17, 15) is 0 Å². The van der Waals surface area contributed by atoms with Gasteiger partial charge in [0.25, 0.3) is 0 Å². The highest BCUT2D eigenvalue weighted by molar-refractivity contribution is 14.1. The molecule has 0 amide bonds. The number of halogens is 1. The van der Waals surface area contributed by atoms with Crippen LogP contribution in [-0.2, 0) is 4.74 Å². The molecule has 2 unspecified atom stereocenters. The van der Waals surface area contributed by atoms with Crippen LogP contribution < -0.4 is 5.32 Å². The second kappa shape index (κ2) is 5.87. The minimum atomic E-state index is 0.439. The van der Waals surface area contributed by atoms with E-state index in [4.69, 9.17) is 4.74 Å². The molecule has 2 nitrogen and oxygen atoms in total. The minimum Gasteiger partial charge on any atom is -0.382 e. The van der Waals surface area contributed by atoms with Gasteiger partial charge in [0.2, 0.25) is 0 Å². The van der Waals surface area contributed by atoms with Crippen LogP contribution in [0.3, 0.4) is 0 Å². The van der Waals surface area contributed by atoms with Crippen molar-refractivity contribution < 1.29 is 4.74 Å². The van der Waals surface area contributed by atoms with E-state index in [1.165, 1.54) is 9.26 Å². The van der Waals surface area contributed by atoms with E-state index in [0.717, 1.165) is 25.9 Å². The second-order valence-corrected chi connectivity index (χ2v) is 5.52. The Balaban J connectivity index is 1.94. The molecule has 3 heteroatoms. The Morgan fingerprint density at radius 3 is 3.12 bits per heavy atom. The van der Waals surface area contributed by atoms with Gasteiger partial charge in [-0.1, -0.05) is 13.0 Å². The van der Waals surface area contributed by atoms with Crippen LogP contribution in [0.25, 0.3) is 0 Å². The van der Waals surface area contributed by atoms with Gasteiger partial charge >= 0.3 is 0 Å². The second-order valence-electron chi connectivity index (χ2n) is 4.28. The van der Waals surface area contributed by atoms with Crippen LogP contribution in [0, 0.1) is 3.57 Å². The molecule has 1 aliphatic rings. The lowest BCUT2D eigenvalue weighted by molar-refractivity contribution is 0.00926. The normalized spacial score (nSPS) is 25.4. The van der Waals surface area contributed by atoms with Crippen LogP contribution >= 0.6 is 22.6 Å². The van der Waals surface area contributed by atoms with Gasteiger partial charge in [0.1, 0.15) is 0 Å². The number of benzene rings is 1. The molecule has 2 rings (SSSR count). The molecule has 2 atom stereocenters. The minimum absolute atomic E-state index is 0.439. The molecule has 0 aromatic heterocycles. The third-order valence-corrected chi connectivity index (χ3v) is 3.69. The average Bonchev–Trinajstić information content (AvgIpc) is 2.29. The lowest BCUT2D eigenvalue weighted by Gasteiger charge is -2.30. The van der Waals surface area contributed by atoms with E-state index < -0.39 is 0 Å². The smallest absolute Gasteiger partial charge is 0.0592 e. The van der Waals surface area contributed by atoms with Crippen LogP contribution in [0.1, 0.15) is 26.2 Å². The highest BCUT2D eigenvalue weighted by Crippen LogP contribution is 2.21. The van der Waals surface area contributed by atoms with Crippen molar-refractivity contribution in [3.8, 4) is 0 Å². The quantitative estimate of drug-likeness (QED) is 0.854. The first-order valence-electron chi connectivity index (χ1n) is 5.91. The first-order chi connectivity index (χ1) is 7.78. The van der Waals surface area contributed by atoms with Gasteiger partial charge in [-0.05, 0) is 60.1 Å². The summed E-state index contributed by atoms with van der Waals surface area (Å²) in [6.07, 6.45) is 3.79. The first-order valence-corrected chi connectivity index (χ1v) is 6.99. The van der Waals surface area contributed by atoms with Crippen molar-refractivity contribution in [1.82, 2.24) is 0 Å². The van der Waals surface area contributed by atoms with Crippen LogP contribution in [0.4, 0.5) is 5.69 Å². The van der Waals surface area contributed by atoms with E-state index in [2.05, 4.69) is 59.1 Å². The Hall–Kier alpha value is -0.290. The molecule has 0 radical (unpaired) electrons. The highest BCUT2D eigenvalue weighted by atomic mass is 127. The molecule has 0 bridgehead atoms. The molecule has 1 heterocycles. The Kier molecular flexibility index (Phi) is 4.46. The predicted octanol–water partition coefficient (Wildman–Crippen LogP) is 3.66. The lowest BCUT2D eigenvalue weighted by atomic mass is 10.0. The summed E-state index contributed by atoms with van der Waals surface area (Å²) in [6, 6.07) is 9.11. The van der Waals surface area contributed by atoms with E-state index >= 15 is 0 Å². The van der Waals surface area contributed by atoms with E-state index in [0.29, 0.717) is 12.1 Å². The van der Waals surface area contributed by atoms with Crippen molar-refractivity contribution in [2.45, 2.75) is 38.3 Å². The molecule has 16 heavy (non-hydrogen) atoms. The SMILES string of the molecule is CCC1CC(Nc2cccc(I)c2)CCO1. The summed E-state index contributed by atoms with van der Waals surface area (Å²) < 4.78 is 6.96. The molecule has 1 saturated heterocycles. The Morgan fingerprint density at radius 1 is 1.50 bits per heavy atom. The highest BCUT2D eigenvalue weighted by Gasteiger charge is 2.20. The standard InChI is InChI=1S/C13H18INO/c1-2-13-9-12(6-7-16-13)15-11-5-3-4-10(14)8-11/h3-5,8,12-13,15H,2,6-7,9H2,1H3. The number of hydrogen-bond donors (Lipinski definition) is 1. The van der Waals surface area contributed by atoms with Gasteiger partial charge in [-0.25, -0.2) is 0 Å². The van der Waals surface area contributed by atoms with Gasteiger partial charge in [0.05, 0.1) is 6.10 Å². The zero-order chi connectivity index (χ0) is 11.4. The number of ether oxygens (including phenoxy) is 1. The number of nitrogens with one attached hydrogen (secondary N) is 1. The van der Waals surface area contributed by atoms with Crippen molar-refractivity contribution in [2.24, 2.45) is 0 Å². The molecule has 1 aromatic carbocycles. The van der Waals surface area contributed by atoms with Gasteiger partial charge in [-0.15, -0.1) is 0 Å². The van der Waals surface area contributed by atoms with Crippen molar-refractivity contribution >= 4 is 28.3 Å². The number of hydrogen-bond acceptors (Lipinski definition) is 2. The summed E-state index contributed by atoms with van der Waals surface area (Å²) in [5, 5.41) is 3.60. The monoisotopic (exact) mass is 331 g/mol. The molecule has 1 fully saturated rings. The van der Waals surface area contributed by atoms with Crippen LogP contribution in [0.15, 0.2) is 24.3 Å². The van der Waals surface area contributed by atoms with Crippen molar-refractivity contribution in [3.05, 3.63) is 27.8 Å². The number of rotatable bonds is 3. The molecular formula is C13H18INO. The zero-order valence-electron chi connectivity index (χ0n) is 9.58. The van der Waals surface area contributed by atoms with Gasteiger partial charge in [0.15, 0.2) is 0 Å². The first kappa shape index (κ1) is 12.2. The third kappa shape index (κ3) is 3.35. The topological polar surface area (TPSA) is 21.3 Å². The molecule has 88 valence electrons. The van der Waals surface area contributed by atoms with Crippen molar-refractivity contribution in [3.63, 3.8) is 0 Å². The van der Waals surface area contributed by atoms with Gasteiger partial charge in [-0.2, -0.15) is 0 Å². The van der Waals surface area contributed by atoms with Crippen molar-refractivity contribution in [1.29, 1.82) is 0 Å². The molecular weight excluding hydrogens is 313 g/mol. The third-order valence-electron chi connectivity index (χ3n) is 3.02. The summed E-state index contributed by atoms with van der Waals surface area (Å²) in [5.74, 6) is 0. The van der Waals surface area contributed by atoms with Crippen LogP contribution in [-0.4, -0.2) is 18.8 Å². The van der Waals surface area contributed by atoms with E-state index in [1.54, 1.807) is 0 Å².